The molecule has 1 spiro atoms. The molecule has 2 saturated carbocycles. The molecule has 5 heteroatoms. The molecule has 5 atom stereocenters. The molecule has 5 nitrogen and oxygen atoms in total. The third-order valence-corrected chi connectivity index (χ3v) is 8.13. The minimum Gasteiger partial charge on any atom is -0.504 e. The Morgan fingerprint density at radius 1 is 1.27 bits per heavy atom. The van der Waals surface area contributed by atoms with Crippen LogP contribution in [0.4, 0.5) is 0 Å². The normalized spacial score (nSPS) is 43.1. The summed E-state index contributed by atoms with van der Waals surface area (Å²) in [4.78, 5) is 2.58. The second-order valence-electron chi connectivity index (χ2n) is 9.22. The van der Waals surface area contributed by atoms with Crippen molar-refractivity contribution >= 4 is 0 Å². The van der Waals surface area contributed by atoms with E-state index in [4.69, 9.17) is 4.74 Å². The highest BCUT2D eigenvalue weighted by Gasteiger charge is 2.72. The Labute approximate surface area is 154 Å². The third kappa shape index (κ3) is 1.68. The smallest absolute Gasteiger partial charge is 0.165 e. The molecule has 6 rings (SSSR count). The molecule has 3 fully saturated rings. The number of nitrogens with one attached hydrogen (secondary N) is 1. The molecule has 1 aromatic carbocycles. The lowest BCUT2D eigenvalue weighted by Crippen LogP contribution is -2.78. The molecule has 3 N–H and O–H groups in total. The van der Waals surface area contributed by atoms with Crippen LogP contribution < -0.4 is 10.1 Å². The first kappa shape index (κ1) is 15.7. The van der Waals surface area contributed by atoms with Crippen molar-refractivity contribution in [1.82, 2.24) is 10.2 Å². The van der Waals surface area contributed by atoms with Crippen molar-refractivity contribution in [2.45, 2.75) is 67.7 Å². The number of phenolic OH excluding ortho intramolecular Hbond substituents is 1. The summed E-state index contributed by atoms with van der Waals surface area (Å²) in [5.41, 5.74) is 1.25. The summed E-state index contributed by atoms with van der Waals surface area (Å²) in [7, 11) is 1.99. The van der Waals surface area contributed by atoms with Crippen LogP contribution in [0.25, 0.3) is 0 Å². The van der Waals surface area contributed by atoms with Crippen molar-refractivity contribution in [3.05, 3.63) is 23.3 Å². The highest BCUT2D eigenvalue weighted by molar-refractivity contribution is 5.62. The number of nitrogens with zero attached hydrogens (tertiary/aromatic N) is 1. The molecule has 5 aliphatic rings. The molecular weight excluding hydrogens is 328 g/mol. The largest absolute Gasteiger partial charge is 0.504 e. The first-order valence-electron chi connectivity index (χ1n) is 10.2. The van der Waals surface area contributed by atoms with E-state index in [2.05, 4.69) is 16.3 Å². The van der Waals surface area contributed by atoms with Crippen LogP contribution in [0, 0.1) is 5.92 Å². The van der Waals surface area contributed by atoms with E-state index in [0.29, 0.717) is 5.75 Å². The van der Waals surface area contributed by atoms with Gasteiger partial charge >= 0.3 is 0 Å². The molecule has 2 bridgehead atoms. The van der Waals surface area contributed by atoms with E-state index >= 15 is 0 Å². The van der Waals surface area contributed by atoms with E-state index in [9.17, 15) is 10.2 Å². The fourth-order valence-corrected chi connectivity index (χ4v) is 6.78. The van der Waals surface area contributed by atoms with Crippen LogP contribution in [0.15, 0.2) is 12.1 Å². The lowest BCUT2D eigenvalue weighted by molar-refractivity contribution is -0.191. The van der Waals surface area contributed by atoms with Gasteiger partial charge in [-0.3, -0.25) is 4.90 Å². The number of ether oxygens (including phenoxy) is 1. The molecule has 1 saturated heterocycles. The lowest BCUT2D eigenvalue weighted by Gasteiger charge is -2.64. The van der Waals surface area contributed by atoms with Gasteiger partial charge in [-0.1, -0.05) is 6.07 Å². The minimum atomic E-state index is -0.760. The number of aromatic hydroxyl groups is 1. The van der Waals surface area contributed by atoms with Crippen LogP contribution >= 0.6 is 0 Å². The van der Waals surface area contributed by atoms with Crippen molar-refractivity contribution in [2.24, 2.45) is 5.92 Å². The monoisotopic (exact) mass is 356 g/mol. The molecule has 2 heterocycles. The van der Waals surface area contributed by atoms with E-state index in [1.54, 1.807) is 6.07 Å². The van der Waals surface area contributed by atoms with Gasteiger partial charge in [0.1, 0.15) is 6.10 Å². The molecule has 2 aliphatic heterocycles. The van der Waals surface area contributed by atoms with Crippen LogP contribution in [-0.2, 0) is 11.8 Å². The Morgan fingerprint density at radius 3 is 2.88 bits per heavy atom. The van der Waals surface area contributed by atoms with E-state index in [1.165, 1.54) is 18.4 Å². The van der Waals surface area contributed by atoms with Crippen LogP contribution in [0.3, 0.4) is 0 Å². The van der Waals surface area contributed by atoms with Gasteiger partial charge in [-0.15, -0.1) is 0 Å². The van der Waals surface area contributed by atoms with Crippen molar-refractivity contribution in [3.63, 3.8) is 0 Å². The molecule has 0 aromatic heterocycles. The maximum Gasteiger partial charge on any atom is 0.165 e. The Bertz CT molecular complexity index is 779. The second kappa shape index (κ2) is 4.94. The predicted octanol–water partition coefficient (Wildman–Crippen LogP) is 1.54. The zero-order valence-corrected chi connectivity index (χ0v) is 15.4. The number of hydrogen-bond donors (Lipinski definition) is 3. The molecule has 26 heavy (non-hydrogen) atoms. The summed E-state index contributed by atoms with van der Waals surface area (Å²) in [6.45, 7) is 2.15. The lowest BCUT2D eigenvalue weighted by atomic mass is 9.48. The topological polar surface area (TPSA) is 65.0 Å². The van der Waals surface area contributed by atoms with E-state index in [0.717, 1.165) is 50.3 Å². The van der Waals surface area contributed by atoms with Crippen molar-refractivity contribution in [2.75, 3.05) is 20.1 Å². The molecule has 1 aromatic rings. The molecule has 0 amide bonds. The SMILES string of the molecule is CNC1CC[C@@]2(O)C3Cc4ccc(O)c5c4[C@@]2(CCN3CC2CC2)C1O5. The van der Waals surface area contributed by atoms with Gasteiger partial charge in [0, 0.05) is 24.2 Å². The molecule has 3 unspecified atom stereocenters. The average molecular weight is 356 g/mol. The summed E-state index contributed by atoms with van der Waals surface area (Å²) in [6.07, 6.45) is 6.09. The number of likely N-dealkylation sites (N-methyl/N-ethyl adjacent to an activating group) is 1. The first-order valence-corrected chi connectivity index (χ1v) is 10.2. The summed E-state index contributed by atoms with van der Waals surface area (Å²) in [5.74, 6) is 1.69. The van der Waals surface area contributed by atoms with Gasteiger partial charge < -0.3 is 20.3 Å². The predicted molar refractivity (Wildman–Crippen MR) is 97.6 cm³/mol. The van der Waals surface area contributed by atoms with Gasteiger partial charge in [0.05, 0.1) is 11.0 Å². The van der Waals surface area contributed by atoms with E-state index in [1.807, 2.05) is 7.05 Å². The summed E-state index contributed by atoms with van der Waals surface area (Å²) < 4.78 is 6.42. The standard InChI is InChI=1S/C21H28N2O3/c1-22-14-6-7-21(25)16-10-13-4-5-15(24)18-17(13)20(21,19(14)26-18)8-9-23(16)11-12-2-3-12/h4-5,12,14,16,19,22,24-25H,2-3,6-11H2,1H3/t14?,16?,19?,20-,21+/m0/s1. The van der Waals surface area contributed by atoms with Gasteiger partial charge in [0.15, 0.2) is 11.5 Å². The zero-order chi connectivity index (χ0) is 17.7. The fourth-order valence-electron chi connectivity index (χ4n) is 6.78. The Kier molecular flexibility index (Phi) is 2.99. The first-order chi connectivity index (χ1) is 12.6. The number of likely N-dealkylation sites (tertiary alicyclic amines) is 1. The maximum absolute atomic E-state index is 12.2. The van der Waals surface area contributed by atoms with Crippen LogP contribution in [0.5, 0.6) is 11.5 Å². The van der Waals surface area contributed by atoms with E-state index < -0.39 is 5.60 Å². The number of hydrogen-bond acceptors (Lipinski definition) is 5. The molecular formula is C21H28N2O3. The summed E-state index contributed by atoms with van der Waals surface area (Å²) >= 11 is 0. The Morgan fingerprint density at radius 2 is 2.12 bits per heavy atom. The highest BCUT2D eigenvalue weighted by Crippen LogP contribution is 2.65. The van der Waals surface area contributed by atoms with Gasteiger partial charge in [-0.2, -0.15) is 0 Å². The summed E-state index contributed by atoms with van der Waals surface area (Å²) in [6, 6.07) is 4.23. The highest BCUT2D eigenvalue weighted by atomic mass is 16.5. The van der Waals surface area contributed by atoms with Crippen LogP contribution in [-0.4, -0.2) is 59.0 Å². The minimum absolute atomic E-state index is 0.0980. The Balaban J connectivity index is 1.55. The number of rotatable bonds is 3. The van der Waals surface area contributed by atoms with Gasteiger partial charge in [0.25, 0.3) is 0 Å². The molecule has 0 radical (unpaired) electrons. The Hall–Kier alpha value is -1.30. The van der Waals surface area contributed by atoms with Crippen LogP contribution in [0.2, 0.25) is 0 Å². The van der Waals surface area contributed by atoms with Gasteiger partial charge in [-0.25, -0.2) is 0 Å². The number of aliphatic hydroxyl groups is 1. The average Bonchev–Trinajstić information content (AvgIpc) is 3.37. The van der Waals surface area contributed by atoms with Gasteiger partial charge in [0.2, 0.25) is 0 Å². The van der Waals surface area contributed by atoms with Crippen molar-refractivity contribution in [3.8, 4) is 11.5 Å². The van der Waals surface area contributed by atoms with Gasteiger partial charge in [-0.05, 0) is 69.7 Å². The third-order valence-electron chi connectivity index (χ3n) is 8.13. The number of benzene rings is 1. The number of phenols is 1. The fraction of sp³-hybridized carbons (Fsp3) is 0.714. The van der Waals surface area contributed by atoms with Crippen LogP contribution in [0.1, 0.15) is 43.2 Å². The molecule has 140 valence electrons. The van der Waals surface area contributed by atoms with E-state index in [-0.39, 0.29) is 29.4 Å². The zero-order valence-electron chi connectivity index (χ0n) is 15.4. The summed E-state index contributed by atoms with van der Waals surface area (Å²) in [5, 5.41) is 26.1. The number of piperidine rings is 1. The molecule has 3 aliphatic carbocycles. The second-order valence-corrected chi connectivity index (χ2v) is 9.22. The van der Waals surface area contributed by atoms with Crippen molar-refractivity contribution in [1.29, 1.82) is 0 Å². The quantitative estimate of drug-likeness (QED) is 0.767. The maximum atomic E-state index is 12.2. The van der Waals surface area contributed by atoms with Crippen molar-refractivity contribution < 1.29 is 14.9 Å².